The zero-order chi connectivity index (χ0) is 46.5. The Hall–Kier alpha value is -6.03. The van der Waals surface area contributed by atoms with E-state index < -0.39 is 89.4 Å². The van der Waals surface area contributed by atoms with Gasteiger partial charge < -0.3 is 37.9 Å². The lowest BCUT2D eigenvalue weighted by Gasteiger charge is -2.45. The number of carbonyl (C=O) groups is 2. The van der Waals surface area contributed by atoms with Gasteiger partial charge in [-0.25, -0.2) is 9.59 Å². The van der Waals surface area contributed by atoms with Crippen LogP contribution >= 0.6 is 0 Å². The molecule has 0 radical (unpaired) electrons. The second-order valence-electron chi connectivity index (χ2n) is 15.6. The number of benzene rings is 4. The molecule has 0 aliphatic carbocycles. The van der Waals surface area contributed by atoms with E-state index in [0.717, 1.165) is 33.7 Å². The van der Waals surface area contributed by atoms with E-state index in [4.69, 9.17) is 42.1 Å². The summed E-state index contributed by atoms with van der Waals surface area (Å²) in [5.41, 5.74) is 2.18. The zero-order valence-electron chi connectivity index (χ0n) is 36.2. The third-order valence-electron chi connectivity index (χ3n) is 10.6. The number of nitrogens with one attached hydrogen (secondary N) is 2. The number of ether oxygens (including phenoxy) is 8. The number of amides is 1. The second-order valence-corrected chi connectivity index (χ2v) is 16.9. The lowest BCUT2D eigenvalue weighted by molar-refractivity contribution is -0.315. The van der Waals surface area contributed by atoms with Crippen molar-refractivity contribution in [2.24, 2.45) is 0 Å². The molecule has 1 aromatic heterocycles. The van der Waals surface area contributed by atoms with E-state index in [2.05, 4.69) is 4.98 Å². The lowest BCUT2D eigenvalue weighted by atomic mass is 9.97. The molecule has 2 aliphatic rings. The molecule has 0 unspecified atom stereocenters. The molecule has 19 heteroatoms. The number of hydrogen-bond donors (Lipinski definition) is 2. The van der Waals surface area contributed by atoms with Gasteiger partial charge >= 0.3 is 28.1 Å². The molecule has 0 saturated carbocycles. The molecule has 3 heterocycles. The molecule has 4 aromatic carbocycles. The first kappa shape index (κ1) is 47.9. The Kier molecular flexibility index (Phi) is 16.6. The summed E-state index contributed by atoms with van der Waals surface area (Å²) in [6.07, 6.45) is -9.29. The van der Waals surface area contributed by atoms with Crippen LogP contribution in [-0.4, -0.2) is 86.2 Å². The molecule has 2 saturated heterocycles. The van der Waals surface area contributed by atoms with Crippen LogP contribution in [0.4, 0.5) is 4.79 Å². The Bertz CT molecular complexity index is 2570. The minimum absolute atomic E-state index is 0.0141. The van der Waals surface area contributed by atoms with E-state index in [-0.39, 0.29) is 45.0 Å². The van der Waals surface area contributed by atoms with Gasteiger partial charge in [0, 0.05) is 25.1 Å². The van der Waals surface area contributed by atoms with E-state index in [1.54, 1.807) is 4.72 Å². The molecule has 8 atom stereocenters. The maximum atomic E-state index is 13.7. The molecule has 2 N–H and O–H groups in total. The van der Waals surface area contributed by atoms with Crippen molar-refractivity contribution in [3.05, 3.63) is 176 Å². The van der Waals surface area contributed by atoms with E-state index in [9.17, 15) is 27.6 Å². The quantitative estimate of drug-likeness (QED) is 0.101. The predicted octanol–water partition coefficient (Wildman–Crippen LogP) is 4.75. The van der Waals surface area contributed by atoms with Gasteiger partial charge in [-0.1, -0.05) is 121 Å². The monoisotopic (exact) mass is 929 g/mol. The number of nitrogens with zero attached hydrogens (tertiary/aromatic N) is 1. The van der Waals surface area contributed by atoms with Crippen molar-refractivity contribution >= 4 is 22.4 Å². The predicted molar refractivity (Wildman–Crippen MR) is 234 cm³/mol. The summed E-state index contributed by atoms with van der Waals surface area (Å²) in [7, 11) is -4.95. The van der Waals surface area contributed by atoms with Crippen LogP contribution in [0.25, 0.3) is 0 Å². The first-order valence-corrected chi connectivity index (χ1v) is 22.6. The van der Waals surface area contributed by atoms with Crippen LogP contribution in [0, 0.1) is 6.92 Å². The van der Waals surface area contributed by atoms with Crippen molar-refractivity contribution in [2.45, 2.75) is 95.8 Å². The Morgan fingerprint density at radius 1 is 0.682 bits per heavy atom. The number of hydrogen-bond acceptors (Lipinski definition) is 15. The number of aryl methyl sites for hydroxylation is 1. The first-order chi connectivity index (χ1) is 31.9. The number of rotatable bonds is 20. The maximum Gasteiger partial charge on any atom is 0.425 e. The third kappa shape index (κ3) is 13.5. The number of aromatic amines is 1. The summed E-state index contributed by atoms with van der Waals surface area (Å²) in [6, 6.07) is 37.6. The van der Waals surface area contributed by atoms with Crippen LogP contribution in [-0.2, 0) is 83.6 Å². The van der Waals surface area contributed by atoms with Gasteiger partial charge in [0.15, 0.2) is 0 Å². The topological polar surface area (TPSA) is 218 Å². The van der Waals surface area contributed by atoms with Gasteiger partial charge in [-0.15, -0.1) is 0 Å². The molecular formula is C47H51N3O15S. The SMILES string of the molecule is CC(=O)O[C@H]1C[C@H](n2cc(C)c(=O)[nH]c2=O)O[C@@H]1COS(=O)(=O)NC(=O)O[C@H]1O[C@H](COCc2ccccc2)[C@@H](OCc2ccccc2)[C@H](OCc2ccccc2)[C@H]1OCc1ccccc1. The average Bonchev–Trinajstić information content (AvgIpc) is 3.70. The summed E-state index contributed by atoms with van der Waals surface area (Å²) in [5, 5.41) is 0. The second kappa shape index (κ2) is 22.9. The first-order valence-electron chi connectivity index (χ1n) is 21.2. The fourth-order valence-electron chi connectivity index (χ4n) is 7.42. The van der Waals surface area contributed by atoms with Gasteiger partial charge in [-0.05, 0) is 29.2 Å². The number of H-pyrrole nitrogens is 1. The summed E-state index contributed by atoms with van der Waals surface area (Å²) in [5.74, 6) is -0.706. The fraction of sp³-hybridized carbons (Fsp3) is 0.362. The summed E-state index contributed by atoms with van der Waals surface area (Å²) < 4.78 is 84.1. The van der Waals surface area contributed by atoms with Crippen LogP contribution in [0.1, 0.15) is 47.4 Å². The van der Waals surface area contributed by atoms with Gasteiger partial charge in [0.1, 0.15) is 42.9 Å². The molecule has 2 aliphatic heterocycles. The van der Waals surface area contributed by atoms with Crippen molar-refractivity contribution in [3.8, 4) is 0 Å². The number of aromatic nitrogens is 2. The van der Waals surface area contributed by atoms with Gasteiger partial charge in [-0.3, -0.25) is 23.3 Å². The van der Waals surface area contributed by atoms with Crippen molar-refractivity contribution in [1.29, 1.82) is 0 Å². The summed E-state index contributed by atoms with van der Waals surface area (Å²) in [4.78, 5) is 52.4. The minimum Gasteiger partial charge on any atom is -0.460 e. The Balaban J connectivity index is 1.12. The highest BCUT2D eigenvalue weighted by atomic mass is 32.2. The minimum atomic E-state index is -4.95. The highest BCUT2D eigenvalue weighted by Gasteiger charge is 2.50. The molecule has 2 fully saturated rings. The van der Waals surface area contributed by atoms with Crippen molar-refractivity contribution < 1.29 is 60.1 Å². The highest BCUT2D eigenvalue weighted by Crippen LogP contribution is 2.33. The highest BCUT2D eigenvalue weighted by molar-refractivity contribution is 7.85. The van der Waals surface area contributed by atoms with Crippen LogP contribution in [0.3, 0.4) is 0 Å². The summed E-state index contributed by atoms with van der Waals surface area (Å²) in [6.45, 7) is 2.27. The summed E-state index contributed by atoms with van der Waals surface area (Å²) >= 11 is 0. The molecular weight excluding hydrogens is 879 g/mol. The van der Waals surface area contributed by atoms with E-state index in [1.165, 1.54) is 13.1 Å². The molecule has 18 nitrogen and oxygen atoms in total. The van der Waals surface area contributed by atoms with E-state index in [1.807, 2.05) is 121 Å². The van der Waals surface area contributed by atoms with E-state index >= 15 is 0 Å². The van der Waals surface area contributed by atoms with E-state index in [0.29, 0.717) is 0 Å². The van der Waals surface area contributed by atoms with Gasteiger partial charge in [0.05, 0.1) is 39.6 Å². The van der Waals surface area contributed by atoms with Gasteiger partial charge in [0.2, 0.25) is 6.29 Å². The van der Waals surface area contributed by atoms with Crippen LogP contribution in [0.5, 0.6) is 0 Å². The number of carbonyl (C=O) groups excluding carboxylic acids is 2. The largest absolute Gasteiger partial charge is 0.460 e. The maximum absolute atomic E-state index is 13.7. The smallest absolute Gasteiger partial charge is 0.425 e. The number of esters is 1. The Morgan fingerprint density at radius 2 is 1.20 bits per heavy atom. The van der Waals surface area contributed by atoms with Gasteiger partial charge in [0.25, 0.3) is 5.56 Å². The normalized spacial score (nSPS) is 22.9. The lowest BCUT2D eigenvalue weighted by Crippen LogP contribution is -2.62. The molecule has 66 heavy (non-hydrogen) atoms. The molecule has 7 rings (SSSR count). The van der Waals surface area contributed by atoms with Gasteiger partial charge in [-0.2, -0.15) is 13.1 Å². The zero-order valence-corrected chi connectivity index (χ0v) is 37.0. The third-order valence-corrected chi connectivity index (χ3v) is 11.5. The molecule has 350 valence electrons. The van der Waals surface area contributed by atoms with Crippen molar-refractivity contribution in [3.63, 3.8) is 0 Å². The standard InChI is InChI=1S/C47H51N3O15S/c1-31-24-50(46(53)48-44(31)52)40-23-37(62-32(2)51)38(63-40)30-61-66(55,56)49-47(54)65-45-43(60-28-36-21-13-6-14-22-36)42(59-27-35-19-11-5-12-20-35)41(58-26-34-17-9-4-10-18-34)39(64-45)29-57-25-33-15-7-3-8-16-33/h3-22,24,37-43,45H,23,25-30H2,1-2H3,(H,49,54)(H,48,52,53)/t37-,38+,39+,40+,41+,42-,43+,45+/m0/s1. The molecule has 0 spiro atoms. The van der Waals surface area contributed by atoms with Crippen LogP contribution in [0.15, 0.2) is 137 Å². The fourth-order valence-corrected chi connectivity index (χ4v) is 8.04. The van der Waals surface area contributed by atoms with Crippen molar-refractivity contribution in [1.82, 2.24) is 14.3 Å². The molecule has 5 aromatic rings. The Morgan fingerprint density at radius 3 is 1.74 bits per heavy atom. The molecule has 1 amide bonds. The Labute approximate surface area is 380 Å². The average molecular weight is 930 g/mol. The molecule has 0 bridgehead atoms. The van der Waals surface area contributed by atoms with Crippen LogP contribution in [0.2, 0.25) is 0 Å². The van der Waals surface area contributed by atoms with Crippen LogP contribution < -0.4 is 16.0 Å². The van der Waals surface area contributed by atoms with Crippen molar-refractivity contribution in [2.75, 3.05) is 13.2 Å².